The van der Waals surface area contributed by atoms with Crippen LogP contribution in [0.25, 0.3) is 0 Å². The van der Waals surface area contributed by atoms with Gasteiger partial charge >= 0.3 is 0 Å². The zero-order valence-corrected chi connectivity index (χ0v) is 14.4. The van der Waals surface area contributed by atoms with Gasteiger partial charge < -0.3 is 5.11 Å². The van der Waals surface area contributed by atoms with Crippen molar-refractivity contribution in [3.8, 4) is 0 Å². The average Bonchev–Trinajstić information content (AvgIpc) is 2.49. The van der Waals surface area contributed by atoms with Crippen LogP contribution in [-0.4, -0.2) is 22.3 Å². The highest BCUT2D eigenvalue weighted by Gasteiger charge is 2.59. The fraction of sp³-hybridized carbons (Fsp3) is 0.368. The van der Waals surface area contributed by atoms with Gasteiger partial charge in [0.2, 0.25) is 0 Å². The van der Waals surface area contributed by atoms with Crippen molar-refractivity contribution in [2.75, 3.05) is 6.61 Å². The molecule has 23 heavy (non-hydrogen) atoms. The van der Waals surface area contributed by atoms with Crippen molar-refractivity contribution in [1.82, 2.24) is 5.06 Å². The molecule has 3 rings (SSSR count). The number of benzene rings is 2. The van der Waals surface area contributed by atoms with Crippen LogP contribution in [0.15, 0.2) is 54.6 Å². The molecule has 0 radical (unpaired) electrons. The van der Waals surface area contributed by atoms with E-state index in [0.29, 0.717) is 5.02 Å². The molecular formula is C19H22ClNO2. The van der Waals surface area contributed by atoms with Gasteiger partial charge in [-0.15, -0.1) is 0 Å². The molecule has 1 heterocycles. The van der Waals surface area contributed by atoms with Gasteiger partial charge in [0, 0.05) is 10.6 Å². The van der Waals surface area contributed by atoms with Crippen LogP contribution in [0.2, 0.25) is 5.02 Å². The lowest BCUT2D eigenvalue weighted by molar-refractivity contribution is -0.440. The highest BCUT2D eigenvalue weighted by molar-refractivity contribution is 6.30. The van der Waals surface area contributed by atoms with Crippen LogP contribution in [0.3, 0.4) is 0 Å². The molecule has 2 atom stereocenters. The van der Waals surface area contributed by atoms with E-state index < -0.39 is 5.60 Å². The highest BCUT2D eigenvalue weighted by atomic mass is 35.5. The maximum atomic E-state index is 10.2. The van der Waals surface area contributed by atoms with Crippen molar-refractivity contribution in [2.45, 2.75) is 38.0 Å². The molecule has 4 heteroatoms. The minimum Gasteiger partial charge on any atom is -0.393 e. The molecule has 1 N–H and O–H groups in total. The fourth-order valence-corrected chi connectivity index (χ4v) is 3.26. The van der Waals surface area contributed by atoms with Crippen molar-refractivity contribution >= 4 is 11.6 Å². The first-order valence-electron chi connectivity index (χ1n) is 7.79. The van der Waals surface area contributed by atoms with Crippen molar-refractivity contribution in [2.24, 2.45) is 0 Å². The number of halogens is 1. The standard InChI is InChI=1S/C19H22ClNO2/c1-18(2,3)21-17(14-9-11-16(20)12-10-14)19(13-22,23-21)15-7-5-4-6-8-15/h4-12,17,22H,13H2,1-3H3/t17-,19+/m0/s1. The second-order valence-electron chi connectivity index (χ2n) is 6.96. The SMILES string of the molecule is CC(C)(C)N1O[C@](CO)(c2ccccc2)[C@@H]1c1ccc(Cl)cc1. The Hall–Kier alpha value is -1.39. The van der Waals surface area contributed by atoms with Gasteiger partial charge in [-0.2, -0.15) is 5.06 Å². The predicted octanol–water partition coefficient (Wildman–Crippen LogP) is 4.31. The zero-order chi connectivity index (χ0) is 16.7. The fourth-order valence-electron chi connectivity index (χ4n) is 3.13. The van der Waals surface area contributed by atoms with E-state index in [4.69, 9.17) is 16.4 Å². The second-order valence-corrected chi connectivity index (χ2v) is 7.39. The molecule has 0 aliphatic carbocycles. The van der Waals surface area contributed by atoms with E-state index >= 15 is 0 Å². The van der Waals surface area contributed by atoms with E-state index in [1.807, 2.05) is 59.7 Å². The summed E-state index contributed by atoms with van der Waals surface area (Å²) in [6.45, 7) is 6.21. The van der Waals surface area contributed by atoms with Gasteiger partial charge in [0.15, 0.2) is 5.60 Å². The van der Waals surface area contributed by atoms with Crippen molar-refractivity contribution in [1.29, 1.82) is 0 Å². The lowest BCUT2D eigenvalue weighted by Crippen LogP contribution is -2.66. The Morgan fingerprint density at radius 3 is 2.22 bits per heavy atom. The Morgan fingerprint density at radius 2 is 1.70 bits per heavy atom. The summed E-state index contributed by atoms with van der Waals surface area (Å²) in [5.41, 5.74) is 1.11. The van der Waals surface area contributed by atoms with E-state index in [0.717, 1.165) is 11.1 Å². The topological polar surface area (TPSA) is 32.7 Å². The molecule has 0 unspecified atom stereocenters. The summed E-state index contributed by atoms with van der Waals surface area (Å²) in [4.78, 5) is 6.17. The minimum absolute atomic E-state index is 0.0767. The molecule has 1 saturated heterocycles. The van der Waals surface area contributed by atoms with E-state index in [2.05, 4.69) is 20.8 Å². The average molecular weight is 332 g/mol. The van der Waals surface area contributed by atoms with Crippen LogP contribution in [0.4, 0.5) is 0 Å². The van der Waals surface area contributed by atoms with E-state index in [9.17, 15) is 5.11 Å². The molecule has 0 saturated carbocycles. The zero-order valence-electron chi connectivity index (χ0n) is 13.7. The summed E-state index contributed by atoms with van der Waals surface area (Å²) in [6.07, 6.45) is 0. The summed E-state index contributed by atoms with van der Waals surface area (Å²) in [5, 5.41) is 12.8. The molecule has 1 aliphatic rings. The summed E-state index contributed by atoms with van der Waals surface area (Å²) in [7, 11) is 0. The third-order valence-electron chi connectivity index (χ3n) is 4.28. The van der Waals surface area contributed by atoms with Crippen molar-refractivity contribution in [3.63, 3.8) is 0 Å². The molecular weight excluding hydrogens is 310 g/mol. The largest absolute Gasteiger partial charge is 0.393 e. The van der Waals surface area contributed by atoms with E-state index in [1.165, 1.54) is 0 Å². The second kappa shape index (κ2) is 5.91. The quantitative estimate of drug-likeness (QED) is 0.909. The van der Waals surface area contributed by atoms with Gasteiger partial charge in [-0.05, 0) is 44.0 Å². The van der Waals surface area contributed by atoms with Gasteiger partial charge in [0.05, 0.1) is 12.6 Å². The highest BCUT2D eigenvalue weighted by Crippen LogP contribution is 2.54. The summed E-state index contributed by atoms with van der Waals surface area (Å²) in [6, 6.07) is 17.6. The monoisotopic (exact) mass is 331 g/mol. The maximum absolute atomic E-state index is 10.2. The minimum atomic E-state index is -0.762. The normalized spacial score (nSPS) is 25.2. The Bertz CT molecular complexity index is 666. The first-order chi connectivity index (χ1) is 10.9. The first kappa shape index (κ1) is 16.5. The van der Waals surface area contributed by atoms with E-state index in [1.54, 1.807) is 0 Å². The number of rotatable bonds is 3. The molecule has 0 amide bonds. The van der Waals surface area contributed by atoms with Crippen molar-refractivity contribution in [3.05, 3.63) is 70.7 Å². The Morgan fingerprint density at radius 1 is 1.09 bits per heavy atom. The molecule has 1 fully saturated rings. The van der Waals surface area contributed by atoms with E-state index in [-0.39, 0.29) is 18.2 Å². The van der Waals surface area contributed by atoms with Crippen LogP contribution < -0.4 is 0 Å². The van der Waals surface area contributed by atoms with Crippen LogP contribution in [-0.2, 0) is 10.4 Å². The smallest absolute Gasteiger partial charge is 0.160 e. The van der Waals surface area contributed by atoms with Crippen LogP contribution in [0, 0.1) is 0 Å². The summed E-state index contributed by atoms with van der Waals surface area (Å²) in [5.74, 6) is 0. The Balaban J connectivity index is 2.08. The number of aliphatic hydroxyl groups is 1. The molecule has 0 bridgehead atoms. The van der Waals surface area contributed by atoms with Gasteiger partial charge in [-0.1, -0.05) is 54.1 Å². The third-order valence-corrected chi connectivity index (χ3v) is 4.53. The summed E-state index contributed by atoms with van der Waals surface area (Å²) >= 11 is 6.03. The molecule has 3 nitrogen and oxygen atoms in total. The molecule has 1 aliphatic heterocycles. The Kier molecular flexibility index (Phi) is 4.23. The molecule has 2 aromatic carbocycles. The first-order valence-corrected chi connectivity index (χ1v) is 8.16. The number of aliphatic hydroxyl groups excluding tert-OH is 1. The van der Waals surface area contributed by atoms with Gasteiger partial charge in [-0.25, -0.2) is 0 Å². The number of nitrogens with zero attached hydrogens (tertiary/aromatic N) is 1. The number of hydroxylamine groups is 2. The molecule has 122 valence electrons. The van der Waals surface area contributed by atoms with Gasteiger partial charge in [-0.3, -0.25) is 4.84 Å². The summed E-state index contributed by atoms with van der Waals surface area (Å²) < 4.78 is 0. The Labute approximate surface area is 142 Å². The molecule has 2 aromatic rings. The van der Waals surface area contributed by atoms with Crippen LogP contribution >= 0.6 is 11.6 Å². The van der Waals surface area contributed by atoms with Gasteiger partial charge in [0.1, 0.15) is 0 Å². The number of hydrogen-bond donors (Lipinski definition) is 1. The molecule has 0 aromatic heterocycles. The van der Waals surface area contributed by atoms with Crippen molar-refractivity contribution < 1.29 is 9.94 Å². The lowest BCUT2D eigenvalue weighted by atomic mass is 9.78. The third kappa shape index (κ3) is 2.79. The predicted molar refractivity (Wildman–Crippen MR) is 92.1 cm³/mol. The van der Waals surface area contributed by atoms with Crippen LogP contribution in [0.5, 0.6) is 0 Å². The molecule has 0 spiro atoms. The maximum Gasteiger partial charge on any atom is 0.160 e. The van der Waals surface area contributed by atoms with Gasteiger partial charge in [0.25, 0.3) is 0 Å². The van der Waals surface area contributed by atoms with Crippen LogP contribution in [0.1, 0.15) is 37.9 Å². The lowest BCUT2D eigenvalue weighted by Gasteiger charge is -2.60. The number of hydrogen-bond acceptors (Lipinski definition) is 3.